The maximum absolute atomic E-state index is 8.80. The molecule has 0 aliphatic heterocycles. The fourth-order valence-electron chi connectivity index (χ4n) is 2.21. The van der Waals surface area contributed by atoms with E-state index < -0.39 is 0 Å². The van der Waals surface area contributed by atoms with Crippen molar-refractivity contribution in [3.63, 3.8) is 0 Å². The van der Waals surface area contributed by atoms with Gasteiger partial charge in [0.1, 0.15) is 30.0 Å². The van der Waals surface area contributed by atoms with Gasteiger partial charge in [-0.1, -0.05) is 6.07 Å². The third kappa shape index (κ3) is 4.99. The Morgan fingerprint density at radius 3 is 2.19 bits per heavy atom. The minimum Gasteiger partial charge on any atom is -0.490 e. The molecule has 1 atom stereocenters. The molecule has 0 spiro atoms. The smallest absolute Gasteiger partial charge is 0.213 e. The maximum Gasteiger partial charge on any atom is 0.213 e. The summed E-state index contributed by atoms with van der Waals surface area (Å²) in [4.78, 5) is 4.12. The topological polar surface area (TPSA) is 64.4 Å². The van der Waals surface area contributed by atoms with Gasteiger partial charge >= 0.3 is 0 Å². The van der Waals surface area contributed by atoms with E-state index in [1.807, 2.05) is 49.4 Å². The lowest BCUT2D eigenvalue weighted by Gasteiger charge is -2.15. The molecule has 0 saturated carbocycles. The van der Waals surface area contributed by atoms with E-state index in [0.29, 0.717) is 29.5 Å². The first-order chi connectivity index (χ1) is 12.7. The van der Waals surface area contributed by atoms with Gasteiger partial charge < -0.3 is 14.2 Å². The van der Waals surface area contributed by atoms with Crippen LogP contribution in [0, 0.1) is 11.3 Å². The molecule has 5 nitrogen and oxygen atoms in total. The summed E-state index contributed by atoms with van der Waals surface area (Å²) >= 11 is 0. The van der Waals surface area contributed by atoms with Gasteiger partial charge in [-0.3, -0.25) is 0 Å². The highest BCUT2D eigenvalue weighted by Gasteiger charge is 2.06. The first-order valence-corrected chi connectivity index (χ1v) is 8.21. The van der Waals surface area contributed by atoms with Gasteiger partial charge in [0.2, 0.25) is 5.88 Å². The monoisotopic (exact) mass is 346 g/mol. The van der Waals surface area contributed by atoms with Crippen molar-refractivity contribution in [2.24, 2.45) is 0 Å². The van der Waals surface area contributed by atoms with Crippen LogP contribution in [0.4, 0.5) is 0 Å². The van der Waals surface area contributed by atoms with Crippen molar-refractivity contribution in [3.05, 3.63) is 78.5 Å². The van der Waals surface area contributed by atoms with Gasteiger partial charge in [0.15, 0.2) is 0 Å². The fourth-order valence-corrected chi connectivity index (χ4v) is 2.21. The van der Waals surface area contributed by atoms with Crippen LogP contribution in [0.5, 0.6) is 23.1 Å². The molecule has 3 aromatic rings. The lowest BCUT2D eigenvalue weighted by Crippen LogP contribution is -2.21. The summed E-state index contributed by atoms with van der Waals surface area (Å²) in [5, 5.41) is 8.80. The molecular formula is C21H18N2O3. The van der Waals surface area contributed by atoms with Gasteiger partial charge in [0, 0.05) is 12.3 Å². The zero-order chi connectivity index (χ0) is 18.2. The van der Waals surface area contributed by atoms with Crippen molar-refractivity contribution in [2.75, 3.05) is 6.61 Å². The van der Waals surface area contributed by atoms with Crippen molar-refractivity contribution in [3.8, 4) is 29.2 Å². The van der Waals surface area contributed by atoms with E-state index in [1.54, 1.807) is 30.5 Å². The summed E-state index contributed by atoms with van der Waals surface area (Å²) in [5.41, 5.74) is 0.600. The number of hydrogen-bond donors (Lipinski definition) is 0. The number of rotatable bonds is 7. The van der Waals surface area contributed by atoms with Gasteiger partial charge in [0.25, 0.3) is 0 Å². The highest BCUT2D eigenvalue weighted by atomic mass is 16.5. The van der Waals surface area contributed by atoms with E-state index in [-0.39, 0.29) is 6.10 Å². The molecule has 1 heterocycles. The Morgan fingerprint density at radius 2 is 1.58 bits per heavy atom. The summed E-state index contributed by atoms with van der Waals surface area (Å²) in [6, 6.07) is 21.9. The van der Waals surface area contributed by atoms with E-state index in [4.69, 9.17) is 19.5 Å². The minimum absolute atomic E-state index is 0.125. The number of benzene rings is 2. The standard InChI is InChI=1S/C21H18N2O3/c1-16(25-21-4-2-3-13-23-21)15-24-18-9-11-20(12-10-18)26-19-7-5-17(14-22)6-8-19/h2-13,16H,15H2,1H3. The average molecular weight is 346 g/mol. The Balaban J connectivity index is 1.50. The lowest BCUT2D eigenvalue weighted by atomic mass is 10.2. The van der Waals surface area contributed by atoms with Crippen LogP contribution in [0.3, 0.4) is 0 Å². The molecule has 1 aromatic heterocycles. The van der Waals surface area contributed by atoms with Crippen LogP contribution < -0.4 is 14.2 Å². The van der Waals surface area contributed by atoms with E-state index in [1.165, 1.54) is 0 Å². The van der Waals surface area contributed by atoms with E-state index in [0.717, 1.165) is 5.75 Å². The quantitative estimate of drug-likeness (QED) is 0.626. The molecule has 0 bridgehead atoms. The largest absolute Gasteiger partial charge is 0.490 e. The van der Waals surface area contributed by atoms with Crippen LogP contribution in [0.15, 0.2) is 72.9 Å². The molecule has 130 valence electrons. The SMILES string of the molecule is CC(COc1ccc(Oc2ccc(C#N)cc2)cc1)Oc1ccccn1. The molecule has 0 radical (unpaired) electrons. The zero-order valence-electron chi connectivity index (χ0n) is 14.3. The second kappa shape index (κ2) is 8.54. The third-order valence-corrected chi connectivity index (χ3v) is 3.49. The predicted octanol–water partition coefficient (Wildman–Crippen LogP) is 4.59. The summed E-state index contributed by atoms with van der Waals surface area (Å²) < 4.78 is 17.1. The van der Waals surface area contributed by atoms with Crippen molar-refractivity contribution in [1.82, 2.24) is 4.98 Å². The summed E-state index contributed by atoms with van der Waals surface area (Å²) in [7, 11) is 0. The van der Waals surface area contributed by atoms with Crippen LogP contribution in [-0.2, 0) is 0 Å². The van der Waals surface area contributed by atoms with Gasteiger partial charge in [0.05, 0.1) is 11.6 Å². The zero-order valence-corrected chi connectivity index (χ0v) is 14.3. The molecule has 5 heteroatoms. The van der Waals surface area contributed by atoms with Crippen molar-refractivity contribution in [1.29, 1.82) is 5.26 Å². The second-order valence-electron chi connectivity index (χ2n) is 5.62. The molecular weight excluding hydrogens is 328 g/mol. The average Bonchev–Trinajstić information content (AvgIpc) is 2.69. The highest BCUT2D eigenvalue weighted by Crippen LogP contribution is 2.24. The van der Waals surface area contributed by atoms with Crippen molar-refractivity contribution in [2.45, 2.75) is 13.0 Å². The molecule has 0 aliphatic carbocycles. The van der Waals surface area contributed by atoms with Gasteiger partial charge in [-0.25, -0.2) is 4.98 Å². The molecule has 3 rings (SSSR count). The lowest BCUT2D eigenvalue weighted by molar-refractivity contribution is 0.138. The molecule has 26 heavy (non-hydrogen) atoms. The molecule has 0 fully saturated rings. The van der Waals surface area contributed by atoms with Crippen LogP contribution >= 0.6 is 0 Å². The highest BCUT2D eigenvalue weighted by molar-refractivity contribution is 5.38. The Morgan fingerprint density at radius 1 is 0.923 bits per heavy atom. The Hall–Kier alpha value is -3.52. The number of ether oxygens (including phenoxy) is 3. The predicted molar refractivity (Wildman–Crippen MR) is 97.5 cm³/mol. The first-order valence-electron chi connectivity index (χ1n) is 8.21. The van der Waals surface area contributed by atoms with Crippen LogP contribution in [0.2, 0.25) is 0 Å². The van der Waals surface area contributed by atoms with Crippen LogP contribution in [0.25, 0.3) is 0 Å². The maximum atomic E-state index is 8.80. The molecule has 0 amide bonds. The minimum atomic E-state index is -0.125. The van der Waals surface area contributed by atoms with Crippen LogP contribution in [-0.4, -0.2) is 17.7 Å². The number of hydrogen-bond acceptors (Lipinski definition) is 5. The van der Waals surface area contributed by atoms with Gasteiger partial charge in [-0.05, 0) is 61.5 Å². The molecule has 2 aromatic carbocycles. The molecule has 1 unspecified atom stereocenters. The van der Waals surface area contributed by atoms with Crippen molar-refractivity contribution >= 4 is 0 Å². The van der Waals surface area contributed by atoms with E-state index in [2.05, 4.69) is 11.1 Å². The third-order valence-electron chi connectivity index (χ3n) is 3.49. The molecule has 0 saturated heterocycles. The number of nitrogens with zero attached hydrogens (tertiary/aromatic N) is 2. The van der Waals surface area contributed by atoms with E-state index >= 15 is 0 Å². The summed E-state index contributed by atoms with van der Waals surface area (Å²) in [6.45, 7) is 2.34. The van der Waals surface area contributed by atoms with Gasteiger partial charge in [-0.2, -0.15) is 5.26 Å². The van der Waals surface area contributed by atoms with Crippen LogP contribution in [0.1, 0.15) is 12.5 Å². The first kappa shape index (κ1) is 17.3. The summed E-state index contributed by atoms with van der Waals surface area (Å²) in [5.74, 6) is 2.68. The van der Waals surface area contributed by atoms with Gasteiger partial charge in [-0.15, -0.1) is 0 Å². The number of pyridine rings is 1. The summed E-state index contributed by atoms with van der Waals surface area (Å²) in [6.07, 6.45) is 1.56. The Bertz CT molecular complexity index is 857. The molecule has 0 N–H and O–H groups in total. The Kier molecular flexibility index (Phi) is 5.69. The number of aromatic nitrogens is 1. The van der Waals surface area contributed by atoms with E-state index in [9.17, 15) is 0 Å². The fraction of sp³-hybridized carbons (Fsp3) is 0.143. The van der Waals surface area contributed by atoms with Crippen molar-refractivity contribution < 1.29 is 14.2 Å². The number of nitriles is 1. The molecule has 0 aliphatic rings. The Labute approximate surface area is 152 Å². The normalized spacial score (nSPS) is 11.2. The second-order valence-corrected chi connectivity index (χ2v) is 5.62.